The van der Waals surface area contributed by atoms with E-state index in [0.29, 0.717) is 25.3 Å². The van der Waals surface area contributed by atoms with Crippen LogP contribution in [0.25, 0.3) is 11.5 Å². The number of amides is 1. The van der Waals surface area contributed by atoms with Gasteiger partial charge >= 0.3 is 0 Å². The van der Waals surface area contributed by atoms with E-state index in [2.05, 4.69) is 10.3 Å². The number of benzene rings is 2. The third-order valence-electron chi connectivity index (χ3n) is 4.24. The van der Waals surface area contributed by atoms with Crippen LogP contribution < -0.4 is 5.32 Å². The van der Waals surface area contributed by atoms with E-state index in [1.54, 1.807) is 0 Å². The molecule has 4 heteroatoms. The molecule has 0 atom stereocenters. The predicted molar refractivity (Wildman–Crippen MR) is 98.0 cm³/mol. The van der Waals surface area contributed by atoms with Crippen LogP contribution in [0.15, 0.2) is 59.0 Å². The molecular formula is C21H22N2O2. The first-order valence-corrected chi connectivity index (χ1v) is 8.46. The van der Waals surface area contributed by atoms with E-state index >= 15 is 0 Å². The van der Waals surface area contributed by atoms with Crippen molar-refractivity contribution in [2.45, 2.75) is 33.2 Å². The van der Waals surface area contributed by atoms with Crippen LogP contribution in [0, 0.1) is 13.8 Å². The molecule has 0 aliphatic carbocycles. The standard InChI is InChI=1S/C21H22N2O2/c1-15-8-6-7-11-18(15)14-22-20(24)13-12-19-16(2)25-21(23-19)17-9-4-3-5-10-17/h3-11H,12-14H2,1-2H3,(H,22,24). The summed E-state index contributed by atoms with van der Waals surface area (Å²) in [6.45, 7) is 4.49. The van der Waals surface area contributed by atoms with Crippen molar-refractivity contribution < 1.29 is 9.21 Å². The molecule has 0 spiro atoms. The Kier molecular flexibility index (Phi) is 5.29. The van der Waals surface area contributed by atoms with Crippen molar-refractivity contribution in [1.82, 2.24) is 10.3 Å². The second-order valence-corrected chi connectivity index (χ2v) is 6.09. The first-order valence-electron chi connectivity index (χ1n) is 8.46. The van der Waals surface area contributed by atoms with Gasteiger partial charge < -0.3 is 9.73 Å². The van der Waals surface area contributed by atoms with Gasteiger partial charge in [0.25, 0.3) is 0 Å². The molecule has 1 amide bonds. The fraction of sp³-hybridized carbons (Fsp3) is 0.238. The zero-order valence-corrected chi connectivity index (χ0v) is 14.6. The molecule has 0 saturated carbocycles. The number of rotatable bonds is 6. The Morgan fingerprint density at radius 3 is 2.52 bits per heavy atom. The number of nitrogens with zero attached hydrogens (tertiary/aromatic N) is 1. The van der Waals surface area contributed by atoms with Crippen LogP contribution in [-0.4, -0.2) is 10.9 Å². The van der Waals surface area contributed by atoms with E-state index in [1.807, 2.05) is 68.4 Å². The van der Waals surface area contributed by atoms with E-state index in [-0.39, 0.29) is 5.91 Å². The normalized spacial score (nSPS) is 10.6. The van der Waals surface area contributed by atoms with Gasteiger partial charge in [-0.3, -0.25) is 4.79 Å². The molecule has 128 valence electrons. The zero-order chi connectivity index (χ0) is 17.6. The maximum atomic E-state index is 12.1. The van der Waals surface area contributed by atoms with Crippen LogP contribution in [-0.2, 0) is 17.8 Å². The summed E-state index contributed by atoms with van der Waals surface area (Å²) >= 11 is 0. The minimum atomic E-state index is 0.0203. The van der Waals surface area contributed by atoms with Gasteiger partial charge in [0.1, 0.15) is 5.76 Å². The largest absolute Gasteiger partial charge is 0.441 e. The lowest BCUT2D eigenvalue weighted by molar-refractivity contribution is -0.121. The average Bonchev–Trinajstić information content (AvgIpc) is 3.01. The average molecular weight is 334 g/mol. The molecule has 4 nitrogen and oxygen atoms in total. The molecule has 0 unspecified atom stereocenters. The highest BCUT2D eigenvalue weighted by molar-refractivity contribution is 5.76. The van der Waals surface area contributed by atoms with E-state index in [4.69, 9.17) is 4.42 Å². The van der Waals surface area contributed by atoms with Crippen molar-refractivity contribution in [2.24, 2.45) is 0 Å². The molecule has 1 N–H and O–H groups in total. The Hall–Kier alpha value is -2.88. The first kappa shape index (κ1) is 17.0. The summed E-state index contributed by atoms with van der Waals surface area (Å²) < 4.78 is 5.74. The summed E-state index contributed by atoms with van der Waals surface area (Å²) in [5.41, 5.74) is 4.10. The fourth-order valence-corrected chi connectivity index (χ4v) is 2.69. The number of carbonyl (C=O) groups is 1. The number of aromatic nitrogens is 1. The monoisotopic (exact) mass is 334 g/mol. The second kappa shape index (κ2) is 7.79. The highest BCUT2D eigenvalue weighted by Crippen LogP contribution is 2.22. The van der Waals surface area contributed by atoms with E-state index in [9.17, 15) is 4.79 Å². The maximum absolute atomic E-state index is 12.1. The minimum absolute atomic E-state index is 0.0203. The molecule has 0 radical (unpaired) electrons. The van der Waals surface area contributed by atoms with Gasteiger partial charge in [-0.15, -0.1) is 0 Å². The number of aryl methyl sites for hydroxylation is 3. The van der Waals surface area contributed by atoms with Gasteiger partial charge in [-0.05, 0) is 37.1 Å². The molecular weight excluding hydrogens is 312 g/mol. The highest BCUT2D eigenvalue weighted by Gasteiger charge is 2.12. The second-order valence-electron chi connectivity index (χ2n) is 6.09. The topological polar surface area (TPSA) is 55.1 Å². The SMILES string of the molecule is Cc1ccccc1CNC(=O)CCc1nc(-c2ccccc2)oc1C. The molecule has 3 aromatic rings. The Bertz CT molecular complexity index is 853. The van der Waals surface area contributed by atoms with Gasteiger partial charge in [0.15, 0.2) is 0 Å². The number of hydrogen-bond donors (Lipinski definition) is 1. The molecule has 0 aliphatic heterocycles. The molecule has 0 bridgehead atoms. The van der Waals surface area contributed by atoms with Crippen molar-refractivity contribution in [2.75, 3.05) is 0 Å². The number of hydrogen-bond acceptors (Lipinski definition) is 3. The minimum Gasteiger partial charge on any atom is -0.441 e. The van der Waals surface area contributed by atoms with Crippen molar-refractivity contribution in [3.8, 4) is 11.5 Å². The fourth-order valence-electron chi connectivity index (χ4n) is 2.69. The summed E-state index contributed by atoms with van der Waals surface area (Å²) in [5, 5.41) is 2.97. The lowest BCUT2D eigenvalue weighted by Crippen LogP contribution is -2.23. The van der Waals surface area contributed by atoms with Crippen LogP contribution in [0.3, 0.4) is 0 Å². The van der Waals surface area contributed by atoms with Crippen molar-refractivity contribution in [3.05, 3.63) is 77.2 Å². The van der Waals surface area contributed by atoms with Crippen molar-refractivity contribution in [1.29, 1.82) is 0 Å². The lowest BCUT2D eigenvalue weighted by Gasteiger charge is -2.07. The summed E-state index contributed by atoms with van der Waals surface area (Å²) in [5.74, 6) is 1.39. The molecule has 25 heavy (non-hydrogen) atoms. The van der Waals surface area contributed by atoms with Crippen LogP contribution >= 0.6 is 0 Å². The van der Waals surface area contributed by atoms with Gasteiger partial charge in [0.05, 0.1) is 5.69 Å². The predicted octanol–water partition coefficient (Wildman–Crippen LogP) is 4.21. The molecule has 2 aromatic carbocycles. The molecule has 0 saturated heterocycles. The Balaban J connectivity index is 1.56. The highest BCUT2D eigenvalue weighted by atomic mass is 16.4. The van der Waals surface area contributed by atoms with Crippen LogP contribution in [0.4, 0.5) is 0 Å². The smallest absolute Gasteiger partial charge is 0.226 e. The van der Waals surface area contributed by atoms with E-state index in [1.165, 1.54) is 5.56 Å². The van der Waals surface area contributed by atoms with Crippen LogP contribution in [0.1, 0.15) is 29.0 Å². The Labute approximate surface area is 147 Å². The Morgan fingerprint density at radius 1 is 1.04 bits per heavy atom. The van der Waals surface area contributed by atoms with Gasteiger partial charge in [-0.25, -0.2) is 4.98 Å². The number of oxazole rings is 1. The lowest BCUT2D eigenvalue weighted by atomic mass is 10.1. The van der Waals surface area contributed by atoms with Gasteiger partial charge in [0.2, 0.25) is 11.8 Å². The third-order valence-corrected chi connectivity index (χ3v) is 4.24. The van der Waals surface area contributed by atoms with Gasteiger partial charge in [0, 0.05) is 24.9 Å². The molecule has 1 aromatic heterocycles. The molecule has 0 fully saturated rings. The quantitative estimate of drug-likeness (QED) is 0.735. The van der Waals surface area contributed by atoms with E-state index in [0.717, 1.165) is 22.6 Å². The summed E-state index contributed by atoms with van der Waals surface area (Å²) in [6, 6.07) is 17.8. The molecule has 0 aliphatic rings. The Morgan fingerprint density at radius 2 is 1.76 bits per heavy atom. The van der Waals surface area contributed by atoms with Gasteiger partial charge in [-0.2, -0.15) is 0 Å². The summed E-state index contributed by atoms with van der Waals surface area (Å²) in [6.07, 6.45) is 0.968. The van der Waals surface area contributed by atoms with Crippen LogP contribution in [0.2, 0.25) is 0 Å². The van der Waals surface area contributed by atoms with Crippen LogP contribution in [0.5, 0.6) is 0 Å². The molecule has 1 heterocycles. The number of nitrogens with one attached hydrogen (secondary N) is 1. The zero-order valence-electron chi connectivity index (χ0n) is 14.6. The number of carbonyl (C=O) groups excluding carboxylic acids is 1. The summed E-state index contributed by atoms with van der Waals surface area (Å²) in [7, 11) is 0. The van der Waals surface area contributed by atoms with Crippen molar-refractivity contribution >= 4 is 5.91 Å². The molecule has 3 rings (SSSR count). The summed E-state index contributed by atoms with van der Waals surface area (Å²) in [4.78, 5) is 16.7. The third kappa shape index (κ3) is 4.35. The van der Waals surface area contributed by atoms with Gasteiger partial charge in [-0.1, -0.05) is 42.5 Å². The maximum Gasteiger partial charge on any atom is 0.226 e. The van der Waals surface area contributed by atoms with E-state index < -0.39 is 0 Å². The first-order chi connectivity index (χ1) is 12.1. The van der Waals surface area contributed by atoms with Crippen molar-refractivity contribution in [3.63, 3.8) is 0 Å².